The maximum Gasteiger partial charge on any atom is 0.419 e. The Hall–Kier alpha value is -3.41. The second kappa shape index (κ2) is 7.06. The van der Waals surface area contributed by atoms with Crippen molar-refractivity contribution in [3.63, 3.8) is 0 Å². The molecule has 7 nitrogen and oxygen atoms in total. The average molecular weight is 508 g/mol. The van der Waals surface area contributed by atoms with Crippen molar-refractivity contribution < 1.29 is 26.0 Å². The predicted octanol–water partition coefficient (Wildman–Crippen LogP) is 5.13. The molecular weight excluding hydrogens is 486 g/mol. The molecule has 0 saturated carbocycles. The molecule has 1 aliphatic heterocycles. The Balaban J connectivity index is 1.96. The number of hydrogen-bond donors (Lipinski definition) is 1. The highest BCUT2D eigenvalue weighted by Gasteiger charge is 2.45. The highest BCUT2D eigenvalue weighted by molar-refractivity contribution is 7.89. The lowest BCUT2D eigenvalue weighted by Gasteiger charge is -2.36. The lowest BCUT2D eigenvalue weighted by atomic mass is 9.90. The summed E-state index contributed by atoms with van der Waals surface area (Å²) in [5.74, 6) is -0.618. The van der Waals surface area contributed by atoms with E-state index in [9.17, 15) is 21.6 Å². The van der Waals surface area contributed by atoms with Crippen molar-refractivity contribution in [3.05, 3.63) is 59.1 Å². The van der Waals surface area contributed by atoms with Gasteiger partial charge in [-0.05, 0) is 57.0 Å². The fourth-order valence-electron chi connectivity index (χ4n) is 4.79. The first-order valence-electron chi connectivity index (χ1n) is 10.6. The van der Waals surface area contributed by atoms with Crippen LogP contribution in [-0.4, -0.2) is 33.4 Å². The maximum atomic E-state index is 15.7. The highest BCUT2D eigenvalue weighted by atomic mass is 32.2. The van der Waals surface area contributed by atoms with Crippen molar-refractivity contribution >= 4 is 26.6 Å². The second-order valence-corrected chi connectivity index (χ2v) is 11.1. The van der Waals surface area contributed by atoms with Gasteiger partial charge in [0.2, 0.25) is 10.0 Å². The Morgan fingerprint density at radius 2 is 1.77 bits per heavy atom. The van der Waals surface area contributed by atoms with Crippen LogP contribution in [0.2, 0.25) is 0 Å². The van der Waals surface area contributed by atoms with Crippen LogP contribution in [0.1, 0.15) is 36.6 Å². The molecule has 2 aromatic heterocycles. The molecule has 35 heavy (non-hydrogen) atoms. The number of alkyl halides is 3. The largest absolute Gasteiger partial charge is 0.419 e. The Morgan fingerprint density at radius 1 is 1.09 bits per heavy atom. The summed E-state index contributed by atoms with van der Waals surface area (Å²) in [6.07, 6.45) is -2.73. The molecule has 3 heterocycles. The first-order valence-corrected chi connectivity index (χ1v) is 12.4. The number of nitrogens with one attached hydrogen (secondary N) is 1. The molecule has 0 radical (unpaired) electrons. The highest BCUT2D eigenvalue weighted by Crippen LogP contribution is 2.50. The summed E-state index contributed by atoms with van der Waals surface area (Å²) in [6, 6.07) is 5.37. The summed E-state index contributed by atoms with van der Waals surface area (Å²) in [4.78, 5) is 0. The first kappa shape index (κ1) is 23.3. The normalized spacial score (nSPS) is 15.1. The van der Waals surface area contributed by atoms with Gasteiger partial charge in [0.1, 0.15) is 11.6 Å². The molecule has 0 aliphatic carbocycles. The van der Waals surface area contributed by atoms with E-state index in [1.807, 2.05) is 0 Å². The molecule has 0 bridgehead atoms. The van der Waals surface area contributed by atoms with Crippen LogP contribution < -0.4 is 5.32 Å². The van der Waals surface area contributed by atoms with Gasteiger partial charge in [-0.1, -0.05) is 6.07 Å². The minimum atomic E-state index is -4.96. The standard InChI is InChI=1S/C23H21F4N5O2S/c1-11-8-14(13-6-7-31(17(13)9-11)35(5,33)34)18-15(24)10-16-20(19(18)23(25,26)27)32-12(2)29-30-21(32)22(3,4)28-16/h6-10,28H,1-5H3. The Labute approximate surface area is 198 Å². The number of nitrogens with zero attached hydrogens (tertiary/aromatic N) is 4. The number of fused-ring (bicyclic) bond motifs is 4. The van der Waals surface area contributed by atoms with Crippen molar-refractivity contribution in [1.82, 2.24) is 18.7 Å². The number of benzene rings is 2. The lowest BCUT2D eigenvalue weighted by molar-refractivity contribution is -0.137. The monoisotopic (exact) mass is 507 g/mol. The van der Waals surface area contributed by atoms with E-state index < -0.39 is 38.7 Å². The van der Waals surface area contributed by atoms with E-state index in [-0.39, 0.29) is 39.5 Å². The van der Waals surface area contributed by atoms with Crippen LogP contribution in [0.15, 0.2) is 30.5 Å². The zero-order valence-corrected chi connectivity index (χ0v) is 20.2. The fourth-order valence-corrected chi connectivity index (χ4v) is 5.58. The van der Waals surface area contributed by atoms with E-state index in [2.05, 4.69) is 15.5 Å². The van der Waals surface area contributed by atoms with E-state index in [1.54, 1.807) is 20.8 Å². The third-order valence-electron chi connectivity index (χ3n) is 6.13. The Morgan fingerprint density at radius 3 is 2.40 bits per heavy atom. The van der Waals surface area contributed by atoms with Crippen LogP contribution in [0.5, 0.6) is 0 Å². The SMILES string of the molecule is Cc1cc(-c2c(F)cc3c(c2C(F)(F)F)-n2c(C)nnc2C(C)(C)N3)c2ccn(S(C)(=O)=O)c2c1. The zero-order valence-electron chi connectivity index (χ0n) is 19.4. The van der Waals surface area contributed by atoms with Crippen LogP contribution >= 0.6 is 0 Å². The number of aryl methyl sites for hydroxylation is 2. The molecular formula is C23H21F4N5O2S. The van der Waals surface area contributed by atoms with Crippen molar-refractivity contribution in [2.24, 2.45) is 0 Å². The molecule has 0 saturated heterocycles. The molecule has 12 heteroatoms. The predicted molar refractivity (Wildman–Crippen MR) is 124 cm³/mol. The molecule has 0 spiro atoms. The third kappa shape index (κ3) is 3.41. The molecule has 0 unspecified atom stereocenters. The van der Waals surface area contributed by atoms with Crippen LogP contribution in [0.4, 0.5) is 23.2 Å². The summed E-state index contributed by atoms with van der Waals surface area (Å²) in [7, 11) is -3.75. The second-order valence-electron chi connectivity index (χ2n) is 9.28. The molecule has 4 aromatic rings. The van der Waals surface area contributed by atoms with Crippen molar-refractivity contribution in [1.29, 1.82) is 0 Å². The fraction of sp³-hybridized carbons (Fsp3) is 0.304. The van der Waals surface area contributed by atoms with Gasteiger partial charge in [-0.15, -0.1) is 10.2 Å². The molecule has 1 N–H and O–H groups in total. The Bertz CT molecular complexity index is 1650. The summed E-state index contributed by atoms with van der Waals surface area (Å²) in [5.41, 5.74) is -2.55. The van der Waals surface area contributed by atoms with Gasteiger partial charge in [-0.25, -0.2) is 16.8 Å². The van der Waals surface area contributed by atoms with Crippen LogP contribution in [-0.2, 0) is 21.7 Å². The van der Waals surface area contributed by atoms with E-state index in [0.29, 0.717) is 5.56 Å². The van der Waals surface area contributed by atoms with Gasteiger partial charge in [0, 0.05) is 17.1 Å². The number of hydrogen-bond acceptors (Lipinski definition) is 5. The zero-order chi connectivity index (χ0) is 25.7. The number of rotatable bonds is 2. The minimum absolute atomic E-state index is 0.0448. The van der Waals surface area contributed by atoms with Gasteiger partial charge < -0.3 is 5.32 Å². The molecule has 1 aliphatic rings. The van der Waals surface area contributed by atoms with Crippen molar-refractivity contribution in [2.45, 2.75) is 39.4 Å². The summed E-state index contributed by atoms with van der Waals surface area (Å²) in [6.45, 7) is 6.57. The summed E-state index contributed by atoms with van der Waals surface area (Å²) < 4.78 is 86.8. The Kier molecular flexibility index (Phi) is 4.71. The van der Waals surface area contributed by atoms with E-state index in [1.165, 1.54) is 35.9 Å². The average Bonchev–Trinajstić information content (AvgIpc) is 3.30. The van der Waals surface area contributed by atoms with Crippen LogP contribution in [0.3, 0.4) is 0 Å². The van der Waals surface area contributed by atoms with Crippen LogP contribution in [0, 0.1) is 19.7 Å². The minimum Gasteiger partial charge on any atom is -0.371 e. The van der Waals surface area contributed by atoms with Gasteiger partial charge in [0.05, 0.1) is 34.2 Å². The summed E-state index contributed by atoms with van der Waals surface area (Å²) in [5, 5.41) is 11.2. The van der Waals surface area contributed by atoms with E-state index in [4.69, 9.17) is 0 Å². The van der Waals surface area contributed by atoms with Gasteiger partial charge >= 0.3 is 6.18 Å². The van der Waals surface area contributed by atoms with E-state index in [0.717, 1.165) is 16.3 Å². The third-order valence-corrected chi connectivity index (χ3v) is 7.17. The first-order chi connectivity index (χ1) is 16.1. The molecule has 2 aromatic carbocycles. The smallest absolute Gasteiger partial charge is 0.371 e. The van der Waals surface area contributed by atoms with E-state index >= 15 is 4.39 Å². The van der Waals surface area contributed by atoms with Crippen molar-refractivity contribution in [3.8, 4) is 16.8 Å². The quantitative estimate of drug-likeness (QED) is 0.381. The van der Waals surface area contributed by atoms with Gasteiger partial charge in [0.15, 0.2) is 5.82 Å². The van der Waals surface area contributed by atoms with Gasteiger partial charge in [-0.2, -0.15) is 13.2 Å². The van der Waals surface area contributed by atoms with Gasteiger partial charge in [0.25, 0.3) is 0 Å². The maximum absolute atomic E-state index is 15.7. The topological polar surface area (TPSA) is 81.8 Å². The number of halogens is 4. The lowest BCUT2D eigenvalue weighted by Crippen LogP contribution is -2.37. The molecule has 0 fully saturated rings. The van der Waals surface area contributed by atoms with Gasteiger partial charge in [-0.3, -0.25) is 4.57 Å². The molecule has 0 amide bonds. The van der Waals surface area contributed by atoms with Crippen LogP contribution in [0.25, 0.3) is 27.7 Å². The molecule has 5 rings (SSSR count). The number of anilines is 1. The summed E-state index contributed by atoms with van der Waals surface area (Å²) >= 11 is 0. The molecule has 184 valence electrons. The molecule has 0 atom stereocenters. The number of aromatic nitrogens is 4. The van der Waals surface area contributed by atoms with Crippen molar-refractivity contribution in [2.75, 3.05) is 11.6 Å².